The smallest absolute Gasteiger partial charge is 0.129 e. The van der Waals surface area contributed by atoms with Gasteiger partial charge in [0.1, 0.15) is 11.6 Å². The molecule has 2 unspecified atom stereocenters. The lowest BCUT2D eigenvalue weighted by molar-refractivity contribution is 0.198. The summed E-state index contributed by atoms with van der Waals surface area (Å²) in [5.74, 6) is 1.49. The van der Waals surface area contributed by atoms with Gasteiger partial charge in [-0.05, 0) is 61.0 Å². The van der Waals surface area contributed by atoms with Crippen molar-refractivity contribution in [3.05, 3.63) is 35.4 Å². The fourth-order valence-corrected chi connectivity index (χ4v) is 3.46. The molecule has 0 spiro atoms. The van der Waals surface area contributed by atoms with E-state index >= 15 is 0 Å². The topological polar surface area (TPSA) is 0 Å². The van der Waals surface area contributed by atoms with Crippen LogP contribution in [-0.4, -0.2) is 0 Å². The number of hydrogen-bond donors (Lipinski definition) is 0. The van der Waals surface area contributed by atoms with Crippen molar-refractivity contribution in [3.8, 4) is 0 Å². The highest BCUT2D eigenvalue weighted by Gasteiger charge is 2.30. The summed E-state index contributed by atoms with van der Waals surface area (Å²) >= 11 is 0. The van der Waals surface area contributed by atoms with Crippen molar-refractivity contribution in [2.75, 3.05) is 0 Å². The molecule has 1 aromatic rings. The van der Waals surface area contributed by atoms with Crippen molar-refractivity contribution in [2.45, 2.75) is 52.4 Å². The molecule has 0 bridgehead atoms. The molecule has 106 valence electrons. The van der Waals surface area contributed by atoms with Gasteiger partial charge < -0.3 is 0 Å². The predicted molar refractivity (Wildman–Crippen MR) is 75.1 cm³/mol. The zero-order valence-corrected chi connectivity index (χ0v) is 12.1. The number of hydrogen-bond acceptors (Lipinski definition) is 0. The Labute approximate surface area is 115 Å². The monoisotopic (exact) mass is 266 g/mol. The van der Waals surface area contributed by atoms with Gasteiger partial charge in [0.15, 0.2) is 0 Å². The quantitative estimate of drug-likeness (QED) is 0.674. The standard InChI is InChI=1S/C17H24F2/c1-11(2)8-14-9-13(5-4-12(14)3)16-7-6-15(18)10-17(16)19/h6-7,10-14H,4-5,8-9H2,1-3H3/t12?,13-,14?/m0/s1. The Kier molecular flexibility index (Phi) is 4.59. The summed E-state index contributed by atoms with van der Waals surface area (Å²) in [5, 5.41) is 0. The maximum atomic E-state index is 13.9. The van der Waals surface area contributed by atoms with Crippen LogP contribution in [0.5, 0.6) is 0 Å². The van der Waals surface area contributed by atoms with Crippen LogP contribution in [0.1, 0.15) is 57.9 Å². The fraction of sp³-hybridized carbons (Fsp3) is 0.647. The molecule has 0 saturated heterocycles. The molecule has 0 heterocycles. The molecule has 0 aliphatic heterocycles. The largest absolute Gasteiger partial charge is 0.207 e. The third-order valence-corrected chi connectivity index (χ3v) is 4.54. The van der Waals surface area contributed by atoms with Crippen LogP contribution < -0.4 is 0 Å². The highest BCUT2D eigenvalue weighted by atomic mass is 19.1. The SMILES string of the molecule is CC(C)CC1C[C@@H](c2ccc(F)cc2F)CCC1C. The van der Waals surface area contributed by atoms with E-state index < -0.39 is 5.82 Å². The average Bonchev–Trinajstić information content (AvgIpc) is 2.32. The molecule has 3 atom stereocenters. The van der Waals surface area contributed by atoms with E-state index in [9.17, 15) is 8.78 Å². The zero-order chi connectivity index (χ0) is 14.0. The maximum Gasteiger partial charge on any atom is 0.129 e. The van der Waals surface area contributed by atoms with Gasteiger partial charge in [-0.15, -0.1) is 0 Å². The molecule has 1 fully saturated rings. The third kappa shape index (κ3) is 3.55. The first-order valence-corrected chi connectivity index (χ1v) is 7.42. The van der Waals surface area contributed by atoms with Gasteiger partial charge in [0.05, 0.1) is 0 Å². The van der Waals surface area contributed by atoms with E-state index in [4.69, 9.17) is 0 Å². The Morgan fingerprint density at radius 1 is 1.21 bits per heavy atom. The summed E-state index contributed by atoms with van der Waals surface area (Å²) in [6.45, 7) is 6.80. The van der Waals surface area contributed by atoms with Crippen LogP contribution in [0.2, 0.25) is 0 Å². The van der Waals surface area contributed by atoms with Crippen molar-refractivity contribution < 1.29 is 8.78 Å². The first kappa shape index (κ1) is 14.5. The second-order valence-electron chi connectivity index (χ2n) is 6.54. The molecule has 0 nitrogen and oxygen atoms in total. The summed E-state index contributed by atoms with van der Waals surface area (Å²) in [6.07, 6.45) is 4.43. The van der Waals surface area contributed by atoms with Crippen LogP contribution in [0.25, 0.3) is 0 Å². The van der Waals surface area contributed by atoms with Crippen LogP contribution in [0.4, 0.5) is 8.78 Å². The van der Waals surface area contributed by atoms with Crippen LogP contribution >= 0.6 is 0 Å². The minimum Gasteiger partial charge on any atom is -0.207 e. The van der Waals surface area contributed by atoms with Gasteiger partial charge in [-0.3, -0.25) is 0 Å². The Morgan fingerprint density at radius 2 is 1.95 bits per heavy atom. The molecule has 0 N–H and O–H groups in total. The average molecular weight is 266 g/mol. The van der Waals surface area contributed by atoms with E-state index in [2.05, 4.69) is 20.8 Å². The van der Waals surface area contributed by atoms with Crippen molar-refractivity contribution in [3.63, 3.8) is 0 Å². The minimum atomic E-state index is -0.482. The van der Waals surface area contributed by atoms with Gasteiger partial charge in [0.2, 0.25) is 0 Å². The highest BCUT2D eigenvalue weighted by molar-refractivity contribution is 5.23. The summed E-state index contributed by atoms with van der Waals surface area (Å²) in [6, 6.07) is 4.04. The normalized spacial score (nSPS) is 27.8. The number of halogens is 2. The van der Waals surface area contributed by atoms with E-state index in [1.165, 1.54) is 12.5 Å². The van der Waals surface area contributed by atoms with Crippen LogP contribution in [0, 0.1) is 29.4 Å². The Bertz CT molecular complexity index is 425. The third-order valence-electron chi connectivity index (χ3n) is 4.54. The lowest BCUT2D eigenvalue weighted by Gasteiger charge is -2.35. The van der Waals surface area contributed by atoms with Crippen LogP contribution in [0.3, 0.4) is 0 Å². The van der Waals surface area contributed by atoms with Gasteiger partial charge in [0, 0.05) is 6.07 Å². The van der Waals surface area contributed by atoms with Gasteiger partial charge in [-0.2, -0.15) is 0 Å². The molecular weight excluding hydrogens is 242 g/mol. The lowest BCUT2D eigenvalue weighted by atomic mass is 9.70. The van der Waals surface area contributed by atoms with E-state index in [1.54, 1.807) is 6.07 Å². The van der Waals surface area contributed by atoms with Gasteiger partial charge in [0.25, 0.3) is 0 Å². The molecule has 19 heavy (non-hydrogen) atoms. The van der Waals surface area contributed by atoms with E-state index in [-0.39, 0.29) is 11.7 Å². The molecule has 2 heteroatoms. The molecule has 1 aromatic carbocycles. The second-order valence-corrected chi connectivity index (χ2v) is 6.54. The Balaban J connectivity index is 2.12. The first-order chi connectivity index (χ1) is 8.97. The Morgan fingerprint density at radius 3 is 2.58 bits per heavy atom. The van der Waals surface area contributed by atoms with E-state index in [0.29, 0.717) is 17.4 Å². The summed E-state index contributed by atoms with van der Waals surface area (Å²) in [5.41, 5.74) is 0.710. The molecule has 0 amide bonds. The molecule has 1 saturated carbocycles. The van der Waals surface area contributed by atoms with Crippen molar-refractivity contribution in [1.82, 2.24) is 0 Å². The fourth-order valence-electron chi connectivity index (χ4n) is 3.46. The summed E-state index contributed by atoms with van der Waals surface area (Å²) in [4.78, 5) is 0. The Hall–Kier alpha value is -0.920. The molecular formula is C17H24F2. The minimum absolute atomic E-state index is 0.264. The van der Waals surface area contributed by atoms with Crippen molar-refractivity contribution in [2.24, 2.45) is 17.8 Å². The van der Waals surface area contributed by atoms with Crippen molar-refractivity contribution >= 4 is 0 Å². The number of rotatable bonds is 3. The molecule has 0 aromatic heterocycles. The van der Waals surface area contributed by atoms with Crippen molar-refractivity contribution in [1.29, 1.82) is 0 Å². The van der Waals surface area contributed by atoms with Gasteiger partial charge in [-0.1, -0.05) is 26.8 Å². The lowest BCUT2D eigenvalue weighted by Crippen LogP contribution is -2.23. The van der Waals surface area contributed by atoms with Crippen LogP contribution in [-0.2, 0) is 0 Å². The van der Waals surface area contributed by atoms with E-state index in [1.807, 2.05) is 0 Å². The van der Waals surface area contributed by atoms with Gasteiger partial charge in [-0.25, -0.2) is 8.78 Å². The van der Waals surface area contributed by atoms with Crippen LogP contribution in [0.15, 0.2) is 18.2 Å². The first-order valence-electron chi connectivity index (χ1n) is 7.42. The predicted octanol–water partition coefficient (Wildman–Crippen LogP) is 5.53. The molecule has 0 radical (unpaired) electrons. The van der Waals surface area contributed by atoms with E-state index in [0.717, 1.165) is 31.2 Å². The summed E-state index contributed by atoms with van der Waals surface area (Å²) in [7, 11) is 0. The second kappa shape index (κ2) is 6.02. The molecule has 2 rings (SSSR count). The van der Waals surface area contributed by atoms with Gasteiger partial charge >= 0.3 is 0 Å². The maximum absolute atomic E-state index is 13.9. The molecule has 1 aliphatic carbocycles. The molecule has 1 aliphatic rings. The zero-order valence-electron chi connectivity index (χ0n) is 12.1. The highest BCUT2D eigenvalue weighted by Crippen LogP contribution is 2.42. The summed E-state index contributed by atoms with van der Waals surface area (Å²) < 4.78 is 26.9. The number of benzene rings is 1.